The molecule has 1 aliphatic heterocycles. The van der Waals surface area contributed by atoms with Crippen molar-refractivity contribution in [1.29, 1.82) is 0 Å². The van der Waals surface area contributed by atoms with Gasteiger partial charge in [-0.15, -0.1) is 0 Å². The Kier molecular flexibility index (Phi) is 4.48. The first-order valence-corrected chi connectivity index (χ1v) is 7.62. The molecule has 2 fully saturated rings. The van der Waals surface area contributed by atoms with Crippen molar-refractivity contribution in [1.82, 2.24) is 4.90 Å². The second-order valence-electron chi connectivity index (χ2n) is 6.55. The van der Waals surface area contributed by atoms with Gasteiger partial charge in [-0.25, -0.2) is 0 Å². The third-order valence-electron chi connectivity index (χ3n) is 5.51. The molecule has 1 saturated heterocycles. The Morgan fingerprint density at radius 3 is 2.29 bits per heavy atom. The van der Waals surface area contributed by atoms with Crippen LogP contribution in [0, 0.1) is 11.3 Å². The molecule has 0 spiro atoms. The highest BCUT2D eigenvalue weighted by atomic mass is 15.2. The van der Waals surface area contributed by atoms with Crippen LogP contribution in [0.4, 0.5) is 0 Å². The molecule has 2 aliphatic rings. The summed E-state index contributed by atoms with van der Waals surface area (Å²) in [7, 11) is 0. The molecule has 2 rings (SSSR count). The van der Waals surface area contributed by atoms with Crippen molar-refractivity contribution in [2.45, 2.75) is 64.8 Å². The van der Waals surface area contributed by atoms with Crippen LogP contribution >= 0.6 is 0 Å². The Labute approximate surface area is 107 Å². The van der Waals surface area contributed by atoms with Gasteiger partial charge >= 0.3 is 0 Å². The standard InChI is InChI=1S/C15H30N2/c1-3-15(2)8-10-17(11-9-15)14(12-16)13-6-4-5-7-13/h13-14H,3-12,16H2,1-2H3. The van der Waals surface area contributed by atoms with Gasteiger partial charge in [-0.1, -0.05) is 33.1 Å². The predicted octanol–water partition coefficient (Wildman–Crippen LogP) is 3.02. The number of hydrogen-bond acceptors (Lipinski definition) is 2. The van der Waals surface area contributed by atoms with Gasteiger partial charge in [-0.3, -0.25) is 4.90 Å². The van der Waals surface area contributed by atoms with E-state index < -0.39 is 0 Å². The van der Waals surface area contributed by atoms with E-state index >= 15 is 0 Å². The molecule has 2 nitrogen and oxygen atoms in total. The fourth-order valence-corrected chi connectivity index (χ4v) is 3.73. The van der Waals surface area contributed by atoms with E-state index in [9.17, 15) is 0 Å². The van der Waals surface area contributed by atoms with Crippen LogP contribution in [-0.4, -0.2) is 30.6 Å². The maximum atomic E-state index is 6.04. The molecule has 1 unspecified atom stereocenters. The Morgan fingerprint density at radius 2 is 1.82 bits per heavy atom. The SMILES string of the molecule is CCC1(C)CCN(C(CN)C2CCCC2)CC1. The van der Waals surface area contributed by atoms with E-state index in [4.69, 9.17) is 5.73 Å². The zero-order valence-electron chi connectivity index (χ0n) is 11.8. The van der Waals surface area contributed by atoms with Crippen LogP contribution in [-0.2, 0) is 0 Å². The Balaban J connectivity index is 1.89. The van der Waals surface area contributed by atoms with E-state index in [1.807, 2.05) is 0 Å². The summed E-state index contributed by atoms with van der Waals surface area (Å²) in [5.74, 6) is 0.894. The number of nitrogens with two attached hydrogens (primary N) is 1. The maximum Gasteiger partial charge on any atom is 0.0246 e. The van der Waals surface area contributed by atoms with Gasteiger partial charge in [0.05, 0.1) is 0 Å². The smallest absolute Gasteiger partial charge is 0.0246 e. The topological polar surface area (TPSA) is 29.3 Å². The summed E-state index contributed by atoms with van der Waals surface area (Å²) in [6.45, 7) is 8.23. The molecule has 1 aliphatic carbocycles. The van der Waals surface area contributed by atoms with Crippen molar-refractivity contribution < 1.29 is 0 Å². The van der Waals surface area contributed by atoms with Crippen LogP contribution in [0.1, 0.15) is 58.8 Å². The van der Waals surface area contributed by atoms with E-state index in [0.29, 0.717) is 11.5 Å². The van der Waals surface area contributed by atoms with E-state index in [1.54, 1.807) is 0 Å². The fourth-order valence-electron chi connectivity index (χ4n) is 3.73. The molecule has 2 N–H and O–H groups in total. The van der Waals surface area contributed by atoms with E-state index in [1.165, 1.54) is 58.0 Å². The van der Waals surface area contributed by atoms with Gasteiger partial charge in [0.25, 0.3) is 0 Å². The average Bonchev–Trinajstić information content (AvgIpc) is 2.87. The maximum absolute atomic E-state index is 6.04. The average molecular weight is 238 g/mol. The summed E-state index contributed by atoms with van der Waals surface area (Å²) in [6, 6.07) is 0.680. The summed E-state index contributed by atoms with van der Waals surface area (Å²) in [5, 5.41) is 0. The van der Waals surface area contributed by atoms with Crippen LogP contribution in [0.25, 0.3) is 0 Å². The van der Waals surface area contributed by atoms with Crippen molar-refractivity contribution in [3.8, 4) is 0 Å². The van der Waals surface area contributed by atoms with Crippen LogP contribution in [0.5, 0.6) is 0 Å². The second-order valence-corrected chi connectivity index (χ2v) is 6.55. The van der Waals surface area contributed by atoms with Gasteiger partial charge < -0.3 is 5.73 Å². The normalized spacial score (nSPS) is 28.4. The van der Waals surface area contributed by atoms with E-state index in [0.717, 1.165) is 12.5 Å². The molecular formula is C15H30N2. The number of hydrogen-bond donors (Lipinski definition) is 1. The quantitative estimate of drug-likeness (QED) is 0.816. The van der Waals surface area contributed by atoms with Gasteiger partial charge in [0, 0.05) is 12.6 Å². The first kappa shape index (κ1) is 13.4. The van der Waals surface area contributed by atoms with E-state index in [2.05, 4.69) is 18.7 Å². The number of piperidine rings is 1. The molecule has 0 aromatic heterocycles. The lowest BCUT2D eigenvalue weighted by Gasteiger charge is -2.44. The third-order valence-corrected chi connectivity index (χ3v) is 5.51. The first-order valence-electron chi connectivity index (χ1n) is 7.62. The van der Waals surface area contributed by atoms with Crippen LogP contribution in [0.3, 0.4) is 0 Å². The summed E-state index contributed by atoms with van der Waals surface area (Å²) < 4.78 is 0. The van der Waals surface area contributed by atoms with Gasteiger partial charge in [-0.05, 0) is 50.1 Å². The van der Waals surface area contributed by atoms with E-state index in [-0.39, 0.29) is 0 Å². The van der Waals surface area contributed by atoms with Crippen molar-refractivity contribution in [2.75, 3.05) is 19.6 Å². The van der Waals surface area contributed by atoms with Crippen LogP contribution in [0.2, 0.25) is 0 Å². The molecule has 1 saturated carbocycles. The number of nitrogens with zero attached hydrogens (tertiary/aromatic N) is 1. The van der Waals surface area contributed by atoms with Gasteiger partial charge in [-0.2, -0.15) is 0 Å². The third kappa shape index (κ3) is 3.03. The molecule has 0 aromatic rings. The minimum absolute atomic E-state index is 0.603. The Bertz CT molecular complexity index is 225. The minimum atomic E-state index is 0.603. The molecular weight excluding hydrogens is 208 g/mol. The summed E-state index contributed by atoms with van der Waals surface area (Å²) in [5.41, 5.74) is 6.64. The van der Waals surface area contributed by atoms with Crippen LogP contribution in [0.15, 0.2) is 0 Å². The summed E-state index contributed by atoms with van der Waals surface area (Å²) in [6.07, 6.45) is 9.77. The van der Waals surface area contributed by atoms with Gasteiger partial charge in [0.1, 0.15) is 0 Å². The monoisotopic (exact) mass is 238 g/mol. The van der Waals surface area contributed by atoms with Gasteiger partial charge in [0.2, 0.25) is 0 Å². The highest BCUT2D eigenvalue weighted by Gasteiger charge is 2.34. The molecule has 0 amide bonds. The molecule has 1 atom stereocenters. The Morgan fingerprint density at radius 1 is 1.24 bits per heavy atom. The first-order chi connectivity index (χ1) is 8.18. The molecule has 100 valence electrons. The van der Waals surface area contributed by atoms with Gasteiger partial charge in [0.15, 0.2) is 0 Å². The largest absolute Gasteiger partial charge is 0.329 e. The molecule has 0 bridgehead atoms. The zero-order valence-corrected chi connectivity index (χ0v) is 11.8. The molecule has 0 aromatic carbocycles. The lowest BCUT2D eigenvalue weighted by molar-refractivity contribution is 0.0605. The predicted molar refractivity (Wildman–Crippen MR) is 74.0 cm³/mol. The van der Waals surface area contributed by atoms with Crippen molar-refractivity contribution in [3.63, 3.8) is 0 Å². The lowest BCUT2D eigenvalue weighted by Crippen LogP contribution is -2.50. The van der Waals surface area contributed by atoms with Crippen molar-refractivity contribution >= 4 is 0 Å². The number of rotatable bonds is 4. The molecule has 0 radical (unpaired) electrons. The minimum Gasteiger partial charge on any atom is -0.329 e. The molecule has 2 heteroatoms. The highest BCUT2D eigenvalue weighted by Crippen LogP contribution is 2.37. The van der Waals surface area contributed by atoms with Crippen molar-refractivity contribution in [2.24, 2.45) is 17.1 Å². The lowest BCUT2D eigenvalue weighted by atomic mass is 9.77. The summed E-state index contributed by atoms with van der Waals surface area (Å²) in [4.78, 5) is 2.70. The fraction of sp³-hybridized carbons (Fsp3) is 1.00. The second kappa shape index (κ2) is 5.71. The molecule has 17 heavy (non-hydrogen) atoms. The van der Waals surface area contributed by atoms with Crippen molar-refractivity contribution in [3.05, 3.63) is 0 Å². The highest BCUT2D eigenvalue weighted by molar-refractivity contribution is 4.89. The number of likely N-dealkylation sites (tertiary alicyclic amines) is 1. The summed E-state index contributed by atoms with van der Waals surface area (Å²) >= 11 is 0. The van der Waals surface area contributed by atoms with Crippen LogP contribution < -0.4 is 5.73 Å². The zero-order chi connectivity index (χ0) is 12.3. The Hall–Kier alpha value is -0.0800. The molecule has 1 heterocycles.